The van der Waals surface area contributed by atoms with Crippen LogP contribution in [0.5, 0.6) is 0 Å². The van der Waals surface area contributed by atoms with Gasteiger partial charge in [0.05, 0.1) is 20.6 Å². The second-order valence-corrected chi connectivity index (χ2v) is 10.1. The van der Waals surface area contributed by atoms with Gasteiger partial charge >= 0.3 is 0 Å². The number of benzene rings is 1. The van der Waals surface area contributed by atoms with Crippen molar-refractivity contribution >= 4 is 44.5 Å². The predicted molar refractivity (Wildman–Crippen MR) is 101 cm³/mol. The van der Waals surface area contributed by atoms with E-state index in [0.29, 0.717) is 11.3 Å². The molecule has 0 aliphatic carbocycles. The molecule has 1 N–H and O–H groups in total. The van der Waals surface area contributed by atoms with Crippen LogP contribution < -0.4 is 4.72 Å². The first kappa shape index (κ1) is 18.5. The van der Waals surface area contributed by atoms with Crippen molar-refractivity contribution in [3.05, 3.63) is 56.2 Å². The van der Waals surface area contributed by atoms with E-state index in [4.69, 9.17) is 0 Å². The molecule has 0 aliphatic heterocycles. The number of aldehydes is 1. The Morgan fingerprint density at radius 3 is 2.65 bits per heavy atom. The Morgan fingerprint density at radius 1 is 1.35 bits per heavy atom. The molecule has 0 saturated heterocycles. The molecule has 2 rings (SSSR count). The highest BCUT2D eigenvalue weighted by Gasteiger charge is 2.24. The zero-order valence-corrected chi connectivity index (χ0v) is 16.6. The summed E-state index contributed by atoms with van der Waals surface area (Å²) in [6.07, 6.45) is 1.55. The highest BCUT2D eigenvalue weighted by molar-refractivity contribution is 9.10. The molecule has 0 fully saturated rings. The first-order valence-corrected chi connectivity index (χ1v) is 10.1. The summed E-state index contributed by atoms with van der Waals surface area (Å²) in [5.74, 6) is 0. The van der Waals surface area contributed by atoms with Crippen LogP contribution in [-0.4, -0.2) is 15.2 Å². The van der Waals surface area contributed by atoms with Crippen molar-refractivity contribution in [2.24, 2.45) is 0 Å². The summed E-state index contributed by atoms with van der Waals surface area (Å²) in [7, 11) is -1.17. The van der Waals surface area contributed by atoms with Gasteiger partial charge in [-0.1, -0.05) is 28.1 Å². The number of rotatable bonds is 6. The molecule has 23 heavy (non-hydrogen) atoms. The number of nitrogens with one attached hydrogen (secondary N) is 1. The molecule has 2 aromatic rings. The molecular formula is C17H20BrNO2S2. The molecule has 124 valence electrons. The average Bonchev–Trinajstić information content (AvgIpc) is 2.93. The Balaban J connectivity index is 2.27. The van der Waals surface area contributed by atoms with Crippen molar-refractivity contribution in [2.75, 3.05) is 0 Å². The van der Waals surface area contributed by atoms with Crippen LogP contribution in [0.1, 0.15) is 47.6 Å². The number of hydrogen-bond acceptors (Lipinski definition) is 3. The number of halogens is 1. The van der Waals surface area contributed by atoms with E-state index in [1.54, 1.807) is 0 Å². The van der Waals surface area contributed by atoms with Crippen LogP contribution in [0.15, 0.2) is 40.2 Å². The first-order chi connectivity index (χ1) is 10.8. The standard InChI is InChI=1S/C17H20BrNO2S2/c1-17(2,3)23(21)19-16(13-5-4-6-14(18)9-13)8-12-7-15(10-20)22-11-12/h4-7,9-11,16,19H,8H2,1-3H3/t16-,23?/m1/s1. The van der Waals surface area contributed by atoms with Crippen molar-refractivity contribution in [1.82, 2.24) is 4.72 Å². The van der Waals surface area contributed by atoms with Gasteiger partial charge in [0.1, 0.15) is 0 Å². The van der Waals surface area contributed by atoms with Gasteiger partial charge in [-0.15, -0.1) is 11.3 Å². The summed E-state index contributed by atoms with van der Waals surface area (Å²) in [5, 5.41) is 1.98. The van der Waals surface area contributed by atoms with Crippen LogP contribution in [0.25, 0.3) is 0 Å². The predicted octanol–water partition coefficient (Wildman–Crippen LogP) is 4.66. The largest absolute Gasteiger partial charge is 0.297 e. The maximum atomic E-state index is 12.5. The number of hydrogen-bond donors (Lipinski definition) is 1. The molecule has 0 saturated carbocycles. The SMILES string of the molecule is CC(C)(C)S(=O)N[C@H](Cc1csc(C=O)c1)c1cccc(Br)c1. The van der Waals surface area contributed by atoms with Gasteiger partial charge in [-0.2, -0.15) is 0 Å². The van der Waals surface area contributed by atoms with E-state index in [0.717, 1.165) is 21.9 Å². The number of thiophene rings is 1. The third-order valence-electron chi connectivity index (χ3n) is 3.29. The molecule has 6 heteroatoms. The van der Waals surface area contributed by atoms with E-state index >= 15 is 0 Å². The van der Waals surface area contributed by atoms with Gasteiger partial charge in [-0.25, -0.2) is 8.93 Å². The molecule has 0 radical (unpaired) electrons. The van der Waals surface area contributed by atoms with Crippen LogP contribution in [0.2, 0.25) is 0 Å². The molecule has 2 atom stereocenters. The maximum absolute atomic E-state index is 12.5. The van der Waals surface area contributed by atoms with Crippen molar-refractivity contribution in [1.29, 1.82) is 0 Å². The fourth-order valence-corrected chi connectivity index (χ4v) is 4.03. The summed E-state index contributed by atoms with van der Waals surface area (Å²) in [5.41, 5.74) is 2.14. The third-order valence-corrected chi connectivity index (χ3v) is 6.30. The van der Waals surface area contributed by atoms with Gasteiger partial charge in [0.2, 0.25) is 0 Å². The summed E-state index contributed by atoms with van der Waals surface area (Å²) < 4.78 is 16.4. The van der Waals surface area contributed by atoms with Crippen LogP contribution in [-0.2, 0) is 17.4 Å². The lowest BCUT2D eigenvalue weighted by atomic mass is 10.0. The zero-order chi connectivity index (χ0) is 17.0. The van der Waals surface area contributed by atoms with Crippen LogP contribution in [0.3, 0.4) is 0 Å². The van der Waals surface area contributed by atoms with Crippen molar-refractivity contribution < 1.29 is 9.00 Å². The van der Waals surface area contributed by atoms with Gasteiger partial charge in [-0.05, 0) is 61.9 Å². The zero-order valence-electron chi connectivity index (χ0n) is 13.3. The van der Waals surface area contributed by atoms with E-state index in [1.165, 1.54) is 11.3 Å². The Kier molecular flexibility index (Phi) is 6.31. The molecule has 0 aliphatic rings. The maximum Gasteiger partial charge on any atom is 0.160 e. The smallest absolute Gasteiger partial charge is 0.160 e. The lowest BCUT2D eigenvalue weighted by Gasteiger charge is -2.24. The van der Waals surface area contributed by atoms with E-state index in [-0.39, 0.29) is 10.8 Å². The van der Waals surface area contributed by atoms with Crippen LogP contribution in [0.4, 0.5) is 0 Å². The van der Waals surface area contributed by atoms with E-state index < -0.39 is 11.0 Å². The normalized spacial score (nSPS) is 14.4. The van der Waals surface area contributed by atoms with Gasteiger partial charge in [0.25, 0.3) is 0 Å². The van der Waals surface area contributed by atoms with Crippen LogP contribution >= 0.6 is 27.3 Å². The molecule has 1 aromatic heterocycles. The molecule has 1 heterocycles. The minimum Gasteiger partial charge on any atom is -0.297 e. The third kappa shape index (κ3) is 5.35. The summed E-state index contributed by atoms with van der Waals surface area (Å²) in [4.78, 5) is 11.6. The average molecular weight is 414 g/mol. The minimum absolute atomic E-state index is 0.0818. The molecule has 0 amide bonds. The summed E-state index contributed by atoms with van der Waals surface area (Å²) >= 11 is 4.92. The molecule has 3 nitrogen and oxygen atoms in total. The fourth-order valence-electron chi connectivity index (χ4n) is 2.06. The van der Waals surface area contributed by atoms with Crippen molar-refractivity contribution in [2.45, 2.75) is 38.0 Å². The lowest BCUT2D eigenvalue weighted by molar-refractivity contribution is 0.112. The van der Waals surface area contributed by atoms with E-state index in [2.05, 4.69) is 20.7 Å². The Morgan fingerprint density at radius 2 is 2.09 bits per heavy atom. The quantitative estimate of drug-likeness (QED) is 0.699. The Hall–Kier alpha value is -0.820. The first-order valence-electron chi connectivity index (χ1n) is 7.25. The van der Waals surface area contributed by atoms with Gasteiger partial charge < -0.3 is 0 Å². The second kappa shape index (κ2) is 7.83. The van der Waals surface area contributed by atoms with Crippen molar-refractivity contribution in [3.63, 3.8) is 0 Å². The minimum atomic E-state index is -1.17. The number of carbonyl (C=O) groups excluding carboxylic acids is 1. The second-order valence-electron chi connectivity index (χ2n) is 6.29. The van der Waals surface area contributed by atoms with Gasteiger partial charge in [0, 0.05) is 10.5 Å². The highest BCUT2D eigenvalue weighted by Crippen LogP contribution is 2.25. The summed E-state index contributed by atoms with van der Waals surface area (Å²) in [6.45, 7) is 5.84. The van der Waals surface area contributed by atoms with Gasteiger partial charge in [0.15, 0.2) is 6.29 Å². The molecule has 0 bridgehead atoms. The molecule has 0 spiro atoms. The monoisotopic (exact) mass is 413 g/mol. The molecule has 1 unspecified atom stereocenters. The van der Waals surface area contributed by atoms with Gasteiger partial charge in [-0.3, -0.25) is 4.79 Å². The highest BCUT2D eigenvalue weighted by atomic mass is 79.9. The van der Waals surface area contributed by atoms with E-state index in [9.17, 15) is 9.00 Å². The fraction of sp³-hybridized carbons (Fsp3) is 0.353. The summed E-state index contributed by atoms with van der Waals surface area (Å²) in [6, 6.07) is 9.81. The van der Waals surface area contributed by atoms with Crippen LogP contribution in [0, 0.1) is 0 Å². The molecule has 1 aromatic carbocycles. The van der Waals surface area contributed by atoms with Crippen molar-refractivity contribution in [3.8, 4) is 0 Å². The Bertz CT molecular complexity index is 707. The number of carbonyl (C=O) groups is 1. The Labute approximate surface area is 152 Å². The molecular weight excluding hydrogens is 394 g/mol. The topological polar surface area (TPSA) is 46.2 Å². The lowest BCUT2D eigenvalue weighted by Crippen LogP contribution is -2.36. The van der Waals surface area contributed by atoms with E-state index in [1.807, 2.05) is 56.5 Å².